The summed E-state index contributed by atoms with van der Waals surface area (Å²) < 4.78 is 27.9. The standard InChI is InChI=1S/C33H38FN4O7PS/c1-36-13-10-19(16-28(36)39)22-17-33(11-12-33)37(18-22)32(42)25-8-7-23-4-2-3-5-24(31(41)38(23)25)35-30(40)27-15-21-14-20(6-9-26(21)47-27)29(34)46(43,44)45/h6,9-10,13-16,22-25,29H,2-5,7-8,11-12,17-18H2,1H3,(H,35,40)(H2,43,44,45)/t22?,23-,24-,25-,29?/m0/s1. The average Bonchev–Trinajstić information content (AvgIpc) is 3.34. The Morgan fingerprint density at radius 2 is 1.83 bits per heavy atom. The van der Waals surface area contributed by atoms with Gasteiger partial charge in [0.05, 0.1) is 4.88 Å². The number of rotatable bonds is 6. The number of halogens is 1. The first-order valence-corrected chi connectivity index (χ1v) is 18.7. The number of pyridine rings is 1. The minimum atomic E-state index is -4.98. The van der Waals surface area contributed by atoms with Gasteiger partial charge in [0.1, 0.15) is 12.1 Å². The third-order valence-corrected chi connectivity index (χ3v) is 12.6. The van der Waals surface area contributed by atoms with Gasteiger partial charge in [-0.3, -0.25) is 23.7 Å². The Morgan fingerprint density at radius 1 is 1.06 bits per heavy atom. The molecule has 1 aromatic carbocycles. The number of amides is 3. The van der Waals surface area contributed by atoms with Crippen molar-refractivity contribution < 1.29 is 33.1 Å². The Labute approximate surface area is 274 Å². The number of thiophene rings is 1. The van der Waals surface area contributed by atoms with E-state index in [1.165, 1.54) is 28.8 Å². The molecular formula is C33H38FN4O7PS. The first-order valence-electron chi connectivity index (χ1n) is 16.2. The number of likely N-dealkylation sites (tertiary alicyclic amines) is 1. The fourth-order valence-corrected chi connectivity index (χ4v) is 9.36. The highest BCUT2D eigenvalue weighted by Crippen LogP contribution is 2.55. The topological polar surface area (TPSA) is 149 Å². The Balaban J connectivity index is 1.09. The highest BCUT2D eigenvalue weighted by atomic mass is 32.1. The molecule has 1 spiro atoms. The monoisotopic (exact) mass is 684 g/mol. The van der Waals surface area contributed by atoms with Crippen LogP contribution >= 0.6 is 18.9 Å². The molecule has 250 valence electrons. The predicted octanol–water partition coefficient (Wildman–Crippen LogP) is 4.33. The van der Waals surface area contributed by atoms with E-state index in [1.807, 2.05) is 11.0 Å². The number of nitrogens with zero attached hydrogens (tertiary/aromatic N) is 3. The van der Waals surface area contributed by atoms with Crippen LogP contribution < -0.4 is 10.9 Å². The molecule has 3 saturated heterocycles. The van der Waals surface area contributed by atoms with E-state index < -0.39 is 31.5 Å². The molecule has 3 amide bonds. The quantitative estimate of drug-likeness (QED) is 0.328. The zero-order valence-corrected chi connectivity index (χ0v) is 27.7. The van der Waals surface area contributed by atoms with E-state index in [0.717, 1.165) is 61.8 Å². The minimum absolute atomic E-state index is 0.0443. The minimum Gasteiger partial charge on any atom is -0.340 e. The van der Waals surface area contributed by atoms with Crippen LogP contribution in [0.5, 0.6) is 0 Å². The smallest absolute Gasteiger partial charge is 0.340 e. The lowest BCUT2D eigenvalue weighted by Gasteiger charge is -2.37. The van der Waals surface area contributed by atoms with Crippen molar-refractivity contribution in [1.29, 1.82) is 0 Å². The van der Waals surface area contributed by atoms with E-state index in [-0.39, 0.29) is 40.4 Å². The molecule has 1 saturated carbocycles. The van der Waals surface area contributed by atoms with Crippen LogP contribution in [-0.4, -0.2) is 72.1 Å². The van der Waals surface area contributed by atoms with Gasteiger partial charge in [0.15, 0.2) is 0 Å². The molecule has 2 aromatic heterocycles. The lowest BCUT2D eigenvalue weighted by atomic mass is 9.96. The largest absolute Gasteiger partial charge is 0.363 e. The van der Waals surface area contributed by atoms with Crippen LogP contribution in [0, 0.1) is 0 Å². The van der Waals surface area contributed by atoms with E-state index in [9.17, 15) is 37.9 Å². The summed E-state index contributed by atoms with van der Waals surface area (Å²) in [4.78, 5) is 76.8. The summed E-state index contributed by atoms with van der Waals surface area (Å²) in [6.45, 7) is 0.514. The van der Waals surface area contributed by atoms with E-state index in [0.29, 0.717) is 34.3 Å². The van der Waals surface area contributed by atoms with Gasteiger partial charge in [-0.25, -0.2) is 4.39 Å². The van der Waals surface area contributed by atoms with Crippen LogP contribution in [0.4, 0.5) is 4.39 Å². The molecule has 7 rings (SSSR count). The van der Waals surface area contributed by atoms with E-state index in [4.69, 9.17) is 0 Å². The summed E-state index contributed by atoms with van der Waals surface area (Å²) >= 11 is 1.15. The van der Waals surface area contributed by atoms with Crippen molar-refractivity contribution in [3.63, 3.8) is 0 Å². The number of carbonyl (C=O) groups excluding carboxylic acids is 3. The van der Waals surface area contributed by atoms with E-state index in [2.05, 4.69) is 5.32 Å². The molecule has 0 bridgehead atoms. The number of benzene rings is 1. The number of aryl methyl sites for hydroxylation is 1. The third kappa shape index (κ3) is 5.96. The van der Waals surface area contributed by atoms with Gasteiger partial charge in [-0.2, -0.15) is 0 Å². The Kier molecular flexibility index (Phi) is 8.18. The van der Waals surface area contributed by atoms with Gasteiger partial charge in [-0.05, 0) is 85.7 Å². The van der Waals surface area contributed by atoms with Crippen molar-refractivity contribution in [2.75, 3.05) is 6.54 Å². The van der Waals surface area contributed by atoms with Crippen LogP contribution in [0.1, 0.15) is 90.4 Å². The number of carbonyl (C=O) groups is 3. The molecule has 5 heterocycles. The summed E-state index contributed by atoms with van der Waals surface area (Å²) in [6.07, 6.45) is 8.55. The highest BCUT2D eigenvalue weighted by Gasteiger charge is 2.58. The van der Waals surface area contributed by atoms with Crippen molar-refractivity contribution in [1.82, 2.24) is 19.7 Å². The van der Waals surface area contributed by atoms with Crippen molar-refractivity contribution in [3.8, 4) is 0 Å². The maximum Gasteiger partial charge on any atom is 0.363 e. The third-order valence-electron chi connectivity index (χ3n) is 10.6. The van der Waals surface area contributed by atoms with Crippen LogP contribution in [0.15, 0.2) is 47.4 Å². The van der Waals surface area contributed by atoms with E-state index in [1.54, 1.807) is 24.2 Å². The summed E-state index contributed by atoms with van der Waals surface area (Å²) in [6, 6.07) is 7.79. The lowest BCUT2D eigenvalue weighted by molar-refractivity contribution is -0.148. The predicted molar refractivity (Wildman–Crippen MR) is 174 cm³/mol. The first-order chi connectivity index (χ1) is 22.3. The molecule has 11 nitrogen and oxygen atoms in total. The first kappa shape index (κ1) is 32.2. The van der Waals surface area contributed by atoms with Crippen molar-refractivity contribution in [2.45, 2.75) is 93.3 Å². The van der Waals surface area contributed by atoms with E-state index >= 15 is 0 Å². The van der Waals surface area contributed by atoms with Gasteiger partial charge in [0.2, 0.25) is 17.7 Å². The van der Waals surface area contributed by atoms with Crippen molar-refractivity contribution in [3.05, 3.63) is 69.0 Å². The Morgan fingerprint density at radius 3 is 2.55 bits per heavy atom. The molecular weight excluding hydrogens is 646 g/mol. The van der Waals surface area contributed by atoms with Gasteiger partial charge in [-0.1, -0.05) is 18.9 Å². The molecule has 3 N–H and O–H groups in total. The second kappa shape index (κ2) is 11.9. The molecule has 3 aromatic rings. The summed E-state index contributed by atoms with van der Waals surface area (Å²) in [7, 11) is -3.27. The van der Waals surface area contributed by atoms with Crippen LogP contribution in [0.25, 0.3) is 10.1 Å². The number of alkyl halides is 1. The maximum absolute atomic E-state index is 14.3. The molecule has 2 unspecified atom stereocenters. The van der Waals surface area contributed by atoms with Crippen molar-refractivity contribution in [2.24, 2.45) is 7.05 Å². The molecule has 0 radical (unpaired) electrons. The number of aromatic nitrogens is 1. The SMILES string of the molecule is Cn1ccc(C2CN(C(=O)[C@@H]3CC[C@@H]4CCCC[C@H](NC(=O)c5cc6cc(C(F)P(=O)(O)O)ccc6s5)C(=O)N43)C3(CC3)C2)cc1=O. The Hall–Kier alpha value is -3.38. The molecule has 4 aliphatic rings. The molecule has 47 heavy (non-hydrogen) atoms. The maximum atomic E-state index is 14.3. The number of hydrogen-bond acceptors (Lipinski definition) is 6. The number of nitrogens with one attached hydrogen (secondary N) is 1. The molecule has 5 atom stereocenters. The van der Waals surface area contributed by atoms with Gasteiger partial charge < -0.3 is 29.5 Å². The Bertz CT molecular complexity index is 1870. The van der Waals surface area contributed by atoms with Gasteiger partial charge >= 0.3 is 7.60 Å². The summed E-state index contributed by atoms with van der Waals surface area (Å²) in [5, 5.41) is 3.38. The summed E-state index contributed by atoms with van der Waals surface area (Å²) in [5.74, 6) is -3.17. The second-order valence-electron chi connectivity index (χ2n) is 13.6. The zero-order valence-electron chi connectivity index (χ0n) is 26.0. The summed E-state index contributed by atoms with van der Waals surface area (Å²) in [5.41, 5.74) is 0.456. The van der Waals surface area contributed by atoms with Gasteiger partial charge in [-0.15, -0.1) is 11.3 Å². The molecule has 3 aliphatic heterocycles. The lowest BCUT2D eigenvalue weighted by Crippen LogP contribution is -2.57. The molecule has 14 heteroatoms. The van der Waals surface area contributed by atoms with Crippen LogP contribution in [0.2, 0.25) is 0 Å². The second-order valence-corrected chi connectivity index (χ2v) is 16.3. The fraction of sp³-hybridized carbons (Fsp3) is 0.515. The normalized spacial score (nSPS) is 26.3. The fourth-order valence-electron chi connectivity index (χ4n) is 7.86. The van der Waals surface area contributed by atoms with Crippen molar-refractivity contribution >= 4 is 46.7 Å². The average molecular weight is 685 g/mol. The molecule has 4 fully saturated rings. The highest BCUT2D eigenvalue weighted by molar-refractivity contribution is 7.51. The van der Waals surface area contributed by atoms with Gasteiger partial charge in [0.25, 0.3) is 11.5 Å². The van der Waals surface area contributed by atoms with Crippen LogP contribution in [0.3, 0.4) is 0 Å². The number of fused-ring (bicyclic) bond motifs is 2. The van der Waals surface area contributed by atoms with Crippen LogP contribution in [-0.2, 0) is 21.2 Å². The number of hydrogen-bond donors (Lipinski definition) is 3. The zero-order chi connectivity index (χ0) is 33.2. The molecule has 1 aliphatic carbocycles. The van der Waals surface area contributed by atoms with Gasteiger partial charge in [0, 0.05) is 48.1 Å².